The fourth-order valence-corrected chi connectivity index (χ4v) is 9.02. The van der Waals surface area contributed by atoms with Crippen molar-refractivity contribution in [3.05, 3.63) is 97.2 Å². The Morgan fingerprint density at radius 1 is 0.276 bits per heavy atom. The van der Waals surface area contributed by atoms with Crippen LogP contribution in [0.5, 0.6) is 0 Å². The number of unbranched alkanes of at least 4 members (excludes halogenated alkanes) is 31. The summed E-state index contributed by atoms with van der Waals surface area (Å²) < 4.78 is 16.9. The number of esters is 3. The first-order valence-corrected chi connectivity index (χ1v) is 32.2. The van der Waals surface area contributed by atoms with Gasteiger partial charge in [-0.25, -0.2) is 0 Å². The largest absolute Gasteiger partial charge is 0.462 e. The highest BCUT2D eigenvalue weighted by Crippen LogP contribution is 2.17. The van der Waals surface area contributed by atoms with Gasteiger partial charge in [0.25, 0.3) is 0 Å². The smallest absolute Gasteiger partial charge is 0.306 e. The number of carbonyl (C=O) groups excluding carboxylic acids is 3. The van der Waals surface area contributed by atoms with Crippen LogP contribution in [0.3, 0.4) is 0 Å². The molecule has 0 aromatic carbocycles. The van der Waals surface area contributed by atoms with E-state index < -0.39 is 6.10 Å². The number of hydrogen-bond donors (Lipinski definition) is 0. The minimum Gasteiger partial charge on any atom is -0.462 e. The summed E-state index contributed by atoms with van der Waals surface area (Å²) in [5.74, 6) is -0.960. The Bertz CT molecular complexity index is 1490. The summed E-state index contributed by atoms with van der Waals surface area (Å²) in [4.78, 5) is 38.3. The molecular weight excluding hydrogens is 937 g/mol. The summed E-state index contributed by atoms with van der Waals surface area (Å²) >= 11 is 0. The van der Waals surface area contributed by atoms with Crippen LogP contribution in [-0.4, -0.2) is 37.2 Å². The van der Waals surface area contributed by atoms with Gasteiger partial charge >= 0.3 is 17.9 Å². The average Bonchev–Trinajstić information content (AvgIpc) is 3.42. The third kappa shape index (κ3) is 61.2. The molecule has 0 radical (unpaired) electrons. The van der Waals surface area contributed by atoms with Crippen molar-refractivity contribution in [2.24, 2.45) is 0 Å². The van der Waals surface area contributed by atoms with Crippen molar-refractivity contribution in [3.63, 3.8) is 0 Å². The second kappa shape index (κ2) is 63.9. The highest BCUT2D eigenvalue weighted by atomic mass is 16.6. The van der Waals surface area contributed by atoms with E-state index in [1.54, 1.807) is 0 Å². The predicted molar refractivity (Wildman–Crippen MR) is 330 cm³/mol. The Balaban J connectivity index is 4.45. The summed E-state index contributed by atoms with van der Waals surface area (Å²) in [6.07, 6.45) is 85.6. The van der Waals surface area contributed by atoms with Crippen LogP contribution in [0.2, 0.25) is 0 Å². The molecule has 0 rings (SSSR count). The van der Waals surface area contributed by atoms with Crippen molar-refractivity contribution >= 4 is 17.9 Å². The Kier molecular flexibility index (Phi) is 60.8. The van der Waals surface area contributed by atoms with Gasteiger partial charge < -0.3 is 14.2 Å². The molecule has 0 N–H and O–H groups in total. The van der Waals surface area contributed by atoms with Crippen LogP contribution in [0.25, 0.3) is 0 Å². The molecule has 0 spiro atoms. The van der Waals surface area contributed by atoms with Gasteiger partial charge in [0.15, 0.2) is 6.10 Å². The van der Waals surface area contributed by atoms with Crippen LogP contribution in [0.15, 0.2) is 97.2 Å². The van der Waals surface area contributed by atoms with E-state index in [-0.39, 0.29) is 37.5 Å². The molecule has 0 bridgehead atoms. The van der Waals surface area contributed by atoms with Crippen LogP contribution in [0, 0.1) is 0 Å². The third-order valence-corrected chi connectivity index (χ3v) is 13.8. The minimum atomic E-state index is -0.807. The molecule has 76 heavy (non-hydrogen) atoms. The van der Waals surface area contributed by atoms with Crippen LogP contribution >= 0.6 is 0 Å². The highest BCUT2D eigenvalue weighted by Gasteiger charge is 2.19. The highest BCUT2D eigenvalue weighted by molar-refractivity contribution is 5.71. The van der Waals surface area contributed by atoms with Gasteiger partial charge in [0.05, 0.1) is 0 Å². The zero-order valence-corrected chi connectivity index (χ0v) is 50.0. The second-order valence-electron chi connectivity index (χ2n) is 21.3. The maximum Gasteiger partial charge on any atom is 0.306 e. The van der Waals surface area contributed by atoms with Crippen molar-refractivity contribution in [2.75, 3.05) is 13.2 Å². The molecule has 0 aromatic heterocycles. The maximum absolute atomic E-state index is 12.9. The zero-order chi connectivity index (χ0) is 55.0. The van der Waals surface area contributed by atoms with Crippen molar-refractivity contribution in [3.8, 4) is 0 Å². The Labute approximate surface area is 470 Å². The van der Waals surface area contributed by atoms with Crippen LogP contribution < -0.4 is 0 Å². The summed E-state index contributed by atoms with van der Waals surface area (Å²) in [5, 5.41) is 0. The van der Waals surface area contributed by atoms with Crippen LogP contribution in [0.4, 0.5) is 0 Å². The van der Waals surface area contributed by atoms with E-state index >= 15 is 0 Å². The molecule has 1 atom stereocenters. The first kappa shape index (κ1) is 72.3. The molecule has 0 fully saturated rings. The van der Waals surface area contributed by atoms with Crippen molar-refractivity contribution in [1.29, 1.82) is 0 Å². The first-order chi connectivity index (χ1) is 37.5. The van der Waals surface area contributed by atoms with E-state index in [9.17, 15) is 14.4 Å². The fraction of sp³-hybridized carbons (Fsp3) is 0.729. The zero-order valence-electron chi connectivity index (χ0n) is 50.0. The predicted octanol–water partition coefficient (Wildman–Crippen LogP) is 22.0. The normalized spacial score (nSPS) is 12.7. The molecule has 0 heterocycles. The fourth-order valence-electron chi connectivity index (χ4n) is 9.02. The molecule has 0 aliphatic carbocycles. The molecule has 0 saturated heterocycles. The Morgan fingerprint density at radius 2 is 0.526 bits per heavy atom. The van der Waals surface area contributed by atoms with Gasteiger partial charge in [-0.05, 0) is 96.3 Å². The van der Waals surface area contributed by atoms with Crippen LogP contribution in [0.1, 0.15) is 310 Å². The summed E-state index contributed by atoms with van der Waals surface area (Å²) in [7, 11) is 0. The van der Waals surface area contributed by atoms with Gasteiger partial charge in [0.1, 0.15) is 13.2 Å². The van der Waals surface area contributed by atoms with E-state index in [2.05, 4.69) is 118 Å². The van der Waals surface area contributed by atoms with Crippen molar-refractivity contribution < 1.29 is 28.6 Å². The number of ether oxygens (including phenoxy) is 3. The van der Waals surface area contributed by atoms with Gasteiger partial charge in [0.2, 0.25) is 0 Å². The van der Waals surface area contributed by atoms with Crippen LogP contribution in [-0.2, 0) is 28.6 Å². The summed E-state index contributed by atoms with van der Waals surface area (Å²) in [6.45, 7) is 6.49. The van der Waals surface area contributed by atoms with Gasteiger partial charge in [-0.15, -0.1) is 0 Å². The number of carbonyl (C=O) groups is 3. The lowest BCUT2D eigenvalue weighted by molar-refractivity contribution is -0.167. The molecular formula is C70H120O6. The SMILES string of the molecule is CC/C=C\C/C=C\C/C=C\C/C=C\C/C=C\CCCC(=O)OCC(COC(=O)CCCCCCCC/C=C\C/C=C\C/C=C\CCCCCCC)OC(=O)CCCCCCCCCCCCCCCCCCCCCC. The lowest BCUT2D eigenvalue weighted by atomic mass is 10.0. The minimum absolute atomic E-state index is 0.100. The standard InChI is InChI=1S/C70H120O6/c1-4-7-10-13-16-19-22-25-28-31-33-35-37-39-42-45-48-51-54-57-60-63-69(72)75-66-67(65-74-68(71)62-59-56-53-50-47-44-41-38-30-27-24-21-18-15-12-9-6-3)76-70(73)64-61-58-55-52-49-46-43-40-36-34-32-29-26-23-20-17-14-11-8-5-2/h9,12,18,21-22,25,27,30-31,33,37,39,41,44,50,53,67H,4-8,10-11,13-17,19-20,23-24,26,28-29,32,34-36,38,40,42-43,45-49,51-52,54-66H2,1-3H3/b12-9-,21-18-,25-22-,30-27-,33-31-,39-37-,44-41-,53-50-. The third-order valence-electron chi connectivity index (χ3n) is 13.8. The molecule has 0 aliphatic rings. The van der Waals surface area contributed by atoms with E-state index in [0.717, 1.165) is 96.3 Å². The summed E-state index contributed by atoms with van der Waals surface area (Å²) in [6, 6.07) is 0. The van der Waals surface area contributed by atoms with Gasteiger partial charge in [-0.2, -0.15) is 0 Å². The van der Waals surface area contributed by atoms with Crippen molar-refractivity contribution in [1.82, 2.24) is 0 Å². The number of allylic oxidation sites excluding steroid dienone is 16. The van der Waals surface area contributed by atoms with E-state index in [1.165, 1.54) is 167 Å². The summed E-state index contributed by atoms with van der Waals surface area (Å²) in [5.41, 5.74) is 0. The lowest BCUT2D eigenvalue weighted by Crippen LogP contribution is -2.30. The molecule has 6 nitrogen and oxygen atoms in total. The molecule has 6 heteroatoms. The molecule has 0 saturated carbocycles. The lowest BCUT2D eigenvalue weighted by Gasteiger charge is -2.18. The van der Waals surface area contributed by atoms with Crippen molar-refractivity contribution in [2.45, 2.75) is 316 Å². The quantitative estimate of drug-likeness (QED) is 0.0261. The monoisotopic (exact) mass is 1060 g/mol. The molecule has 436 valence electrons. The van der Waals surface area contributed by atoms with Gasteiger partial charge in [0, 0.05) is 19.3 Å². The molecule has 0 amide bonds. The maximum atomic E-state index is 12.9. The van der Waals surface area contributed by atoms with Gasteiger partial charge in [-0.1, -0.05) is 291 Å². The molecule has 1 unspecified atom stereocenters. The number of hydrogen-bond acceptors (Lipinski definition) is 6. The molecule has 0 aliphatic heterocycles. The number of rotatable bonds is 58. The molecule has 0 aromatic rings. The van der Waals surface area contributed by atoms with E-state index in [1.807, 2.05) is 0 Å². The van der Waals surface area contributed by atoms with Gasteiger partial charge in [-0.3, -0.25) is 14.4 Å². The first-order valence-electron chi connectivity index (χ1n) is 32.2. The Hall–Kier alpha value is -3.67. The average molecular weight is 1060 g/mol. The van der Waals surface area contributed by atoms with E-state index in [4.69, 9.17) is 14.2 Å². The van der Waals surface area contributed by atoms with E-state index in [0.29, 0.717) is 19.3 Å². The Morgan fingerprint density at radius 3 is 0.855 bits per heavy atom. The topological polar surface area (TPSA) is 78.9 Å². The second-order valence-corrected chi connectivity index (χ2v) is 21.3.